The average Bonchev–Trinajstić information content (AvgIpc) is 3.25. The van der Waals surface area contributed by atoms with Crippen molar-refractivity contribution in [3.8, 4) is 28.4 Å². The minimum atomic E-state index is -0.232. The number of hydrogen-bond donors (Lipinski definition) is 0. The largest absolute Gasteiger partial charge is 0.494 e. The maximum absolute atomic E-state index is 12.3. The first-order valence-electron chi connectivity index (χ1n) is 9.89. The van der Waals surface area contributed by atoms with Gasteiger partial charge in [0, 0.05) is 17.2 Å². The molecular formula is C23H22N4O3. The zero-order chi connectivity index (χ0) is 20.9. The van der Waals surface area contributed by atoms with Crippen LogP contribution >= 0.6 is 0 Å². The predicted molar refractivity (Wildman–Crippen MR) is 113 cm³/mol. The van der Waals surface area contributed by atoms with Crippen molar-refractivity contribution in [1.82, 2.24) is 19.9 Å². The van der Waals surface area contributed by atoms with Crippen molar-refractivity contribution < 1.29 is 9.26 Å². The van der Waals surface area contributed by atoms with E-state index in [1.54, 1.807) is 6.07 Å². The summed E-state index contributed by atoms with van der Waals surface area (Å²) >= 11 is 0. The minimum absolute atomic E-state index is 0.101. The predicted octanol–water partition coefficient (Wildman–Crippen LogP) is 3.97. The number of ether oxygens (including phenoxy) is 1. The van der Waals surface area contributed by atoms with Gasteiger partial charge in [-0.15, -0.1) is 0 Å². The van der Waals surface area contributed by atoms with Crippen LogP contribution in [-0.4, -0.2) is 26.5 Å². The molecule has 0 amide bonds. The van der Waals surface area contributed by atoms with Crippen molar-refractivity contribution in [2.45, 2.75) is 26.8 Å². The quantitative estimate of drug-likeness (QED) is 0.465. The number of hydrogen-bond acceptors (Lipinski definition) is 6. The Kier molecular flexibility index (Phi) is 5.70. The van der Waals surface area contributed by atoms with Gasteiger partial charge in [0.25, 0.3) is 5.56 Å². The van der Waals surface area contributed by atoms with Gasteiger partial charge < -0.3 is 9.26 Å². The highest BCUT2D eigenvalue weighted by Crippen LogP contribution is 2.20. The molecule has 0 radical (unpaired) electrons. The van der Waals surface area contributed by atoms with Crippen molar-refractivity contribution in [2.75, 3.05) is 6.61 Å². The van der Waals surface area contributed by atoms with Crippen molar-refractivity contribution >= 4 is 0 Å². The number of benzene rings is 2. The smallest absolute Gasteiger partial charge is 0.267 e. The van der Waals surface area contributed by atoms with E-state index in [-0.39, 0.29) is 12.1 Å². The average molecular weight is 402 g/mol. The third kappa shape index (κ3) is 4.30. The van der Waals surface area contributed by atoms with Gasteiger partial charge >= 0.3 is 0 Å². The van der Waals surface area contributed by atoms with E-state index in [4.69, 9.17) is 9.26 Å². The Labute approximate surface area is 174 Å². The lowest BCUT2D eigenvalue weighted by Crippen LogP contribution is -2.23. The number of aromatic nitrogens is 4. The summed E-state index contributed by atoms with van der Waals surface area (Å²) in [6.07, 6.45) is 0.973. The van der Waals surface area contributed by atoms with Crippen molar-refractivity contribution in [3.63, 3.8) is 0 Å². The van der Waals surface area contributed by atoms with E-state index in [1.807, 2.05) is 43.3 Å². The molecular weight excluding hydrogens is 380 g/mol. The molecule has 152 valence electrons. The van der Waals surface area contributed by atoms with Gasteiger partial charge in [-0.25, -0.2) is 4.68 Å². The molecule has 0 bridgehead atoms. The van der Waals surface area contributed by atoms with Crippen LogP contribution in [0.4, 0.5) is 0 Å². The molecule has 0 N–H and O–H groups in total. The maximum atomic E-state index is 12.3. The highest BCUT2D eigenvalue weighted by molar-refractivity contribution is 5.58. The first-order chi connectivity index (χ1) is 14.7. The van der Waals surface area contributed by atoms with Gasteiger partial charge in [-0.1, -0.05) is 36.3 Å². The van der Waals surface area contributed by atoms with Gasteiger partial charge in [-0.2, -0.15) is 10.1 Å². The summed E-state index contributed by atoms with van der Waals surface area (Å²) in [7, 11) is 0. The van der Waals surface area contributed by atoms with Crippen LogP contribution in [0.3, 0.4) is 0 Å². The van der Waals surface area contributed by atoms with Gasteiger partial charge in [0.2, 0.25) is 11.7 Å². The second-order valence-corrected chi connectivity index (χ2v) is 6.73. The molecule has 30 heavy (non-hydrogen) atoms. The first-order valence-corrected chi connectivity index (χ1v) is 9.89. The Morgan fingerprint density at radius 2 is 1.67 bits per heavy atom. The van der Waals surface area contributed by atoms with E-state index in [0.717, 1.165) is 23.3 Å². The lowest BCUT2D eigenvalue weighted by atomic mass is 10.1. The van der Waals surface area contributed by atoms with Crippen LogP contribution in [0.15, 0.2) is 70.0 Å². The van der Waals surface area contributed by atoms with Crippen molar-refractivity contribution in [2.24, 2.45) is 0 Å². The molecule has 0 fully saturated rings. The highest BCUT2D eigenvalue weighted by Gasteiger charge is 2.12. The fourth-order valence-corrected chi connectivity index (χ4v) is 3.06. The monoisotopic (exact) mass is 402 g/mol. The van der Waals surface area contributed by atoms with Crippen LogP contribution in [0.2, 0.25) is 0 Å². The van der Waals surface area contributed by atoms with Gasteiger partial charge in [0.05, 0.1) is 12.3 Å². The fourth-order valence-electron chi connectivity index (χ4n) is 3.06. The summed E-state index contributed by atoms with van der Waals surface area (Å²) in [4.78, 5) is 16.7. The van der Waals surface area contributed by atoms with Crippen LogP contribution in [0.25, 0.3) is 22.6 Å². The molecule has 7 nitrogen and oxygen atoms in total. The van der Waals surface area contributed by atoms with E-state index >= 15 is 0 Å². The molecule has 0 spiro atoms. The van der Waals surface area contributed by atoms with Gasteiger partial charge in [-0.05, 0) is 49.2 Å². The molecule has 0 saturated heterocycles. The second-order valence-electron chi connectivity index (χ2n) is 6.73. The summed E-state index contributed by atoms with van der Waals surface area (Å²) < 4.78 is 12.1. The van der Waals surface area contributed by atoms with Crippen LogP contribution in [0.5, 0.6) is 5.75 Å². The van der Waals surface area contributed by atoms with E-state index in [9.17, 15) is 4.79 Å². The SMILES string of the molecule is CCOc1ccc(-c2noc(Cn3nc(-c4ccc(CC)cc4)ccc3=O)n2)cc1. The van der Waals surface area contributed by atoms with Crippen LogP contribution in [-0.2, 0) is 13.0 Å². The van der Waals surface area contributed by atoms with Crippen molar-refractivity contribution in [3.05, 3.63) is 82.5 Å². The minimum Gasteiger partial charge on any atom is -0.494 e. The summed E-state index contributed by atoms with van der Waals surface area (Å²) in [5, 5.41) is 8.48. The number of rotatable bonds is 7. The Morgan fingerprint density at radius 3 is 2.37 bits per heavy atom. The normalized spacial score (nSPS) is 10.9. The van der Waals surface area contributed by atoms with Gasteiger partial charge in [-0.3, -0.25) is 4.79 Å². The Hall–Kier alpha value is -3.74. The third-order valence-electron chi connectivity index (χ3n) is 4.70. The Balaban J connectivity index is 1.55. The zero-order valence-electron chi connectivity index (χ0n) is 16.9. The van der Waals surface area contributed by atoms with E-state index in [1.165, 1.54) is 16.3 Å². The molecule has 2 aromatic carbocycles. The molecule has 0 aliphatic rings. The molecule has 4 aromatic rings. The molecule has 2 aromatic heterocycles. The summed E-state index contributed by atoms with van der Waals surface area (Å²) in [5.74, 6) is 1.55. The first kappa shape index (κ1) is 19.6. The molecule has 0 saturated carbocycles. The van der Waals surface area contributed by atoms with Gasteiger partial charge in [0.1, 0.15) is 12.3 Å². The lowest BCUT2D eigenvalue weighted by molar-refractivity contribution is 0.340. The maximum Gasteiger partial charge on any atom is 0.267 e. The molecule has 0 atom stereocenters. The molecule has 0 aliphatic carbocycles. The van der Waals surface area contributed by atoms with Crippen LogP contribution in [0.1, 0.15) is 25.3 Å². The third-order valence-corrected chi connectivity index (χ3v) is 4.70. The summed E-state index contributed by atoms with van der Waals surface area (Å²) in [5.41, 5.74) is 3.48. The summed E-state index contributed by atoms with van der Waals surface area (Å²) in [6, 6.07) is 18.8. The fraction of sp³-hybridized carbons (Fsp3) is 0.217. The topological polar surface area (TPSA) is 83.0 Å². The van der Waals surface area contributed by atoms with Crippen molar-refractivity contribution in [1.29, 1.82) is 0 Å². The lowest BCUT2D eigenvalue weighted by Gasteiger charge is -2.06. The Morgan fingerprint density at radius 1 is 0.933 bits per heavy atom. The molecule has 7 heteroatoms. The molecule has 0 unspecified atom stereocenters. The standard InChI is InChI=1S/C23H22N4O3/c1-3-16-5-7-17(8-6-16)20-13-14-22(28)27(25-20)15-21-24-23(26-30-21)18-9-11-19(12-10-18)29-4-2/h5-14H,3-4,15H2,1-2H3. The van der Waals surface area contributed by atoms with Crippen LogP contribution < -0.4 is 10.3 Å². The van der Waals surface area contributed by atoms with E-state index < -0.39 is 0 Å². The van der Waals surface area contributed by atoms with E-state index in [0.29, 0.717) is 24.0 Å². The Bertz CT molecular complexity index is 1180. The van der Waals surface area contributed by atoms with Gasteiger partial charge in [0.15, 0.2) is 0 Å². The molecule has 2 heterocycles. The highest BCUT2D eigenvalue weighted by atomic mass is 16.5. The molecule has 0 aliphatic heterocycles. The number of nitrogens with zero attached hydrogens (tertiary/aromatic N) is 4. The summed E-state index contributed by atoms with van der Waals surface area (Å²) in [6.45, 7) is 4.75. The number of aryl methyl sites for hydroxylation is 1. The zero-order valence-corrected chi connectivity index (χ0v) is 16.9. The second kappa shape index (κ2) is 8.73. The van der Waals surface area contributed by atoms with E-state index in [2.05, 4.69) is 34.3 Å². The molecule has 4 rings (SSSR count). The van der Waals surface area contributed by atoms with Crippen LogP contribution in [0, 0.1) is 0 Å².